The standard InChI is InChI=1S/C17H20BrN3O/c1-11-9-15(14-4-3-12(18)10-16(14)20-11)17(22)21-7-5-13(19-2)6-8-21/h3-4,9-10,13,19H,5-8H2,1-2H3. The van der Waals surface area contributed by atoms with Gasteiger partial charge in [0, 0.05) is 34.7 Å². The normalized spacial score (nSPS) is 16.2. The number of carbonyl (C=O) groups excluding carboxylic acids is 1. The van der Waals surface area contributed by atoms with E-state index in [-0.39, 0.29) is 5.91 Å². The van der Waals surface area contributed by atoms with Gasteiger partial charge in [0.2, 0.25) is 0 Å². The van der Waals surface area contributed by atoms with Crippen LogP contribution < -0.4 is 5.32 Å². The number of rotatable bonds is 2. The minimum atomic E-state index is 0.118. The number of aromatic nitrogens is 1. The highest BCUT2D eigenvalue weighted by Crippen LogP contribution is 2.24. The second-order valence-corrected chi connectivity index (χ2v) is 6.74. The van der Waals surface area contributed by atoms with Crippen molar-refractivity contribution in [3.05, 3.63) is 40.0 Å². The fourth-order valence-corrected chi connectivity index (χ4v) is 3.40. The number of pyridine rings is 1. The third-order valence-electron chi connectivity index (χ3n) is 4.32. The summed E-state index contributed by atoms with van der Waals surface area (Å²) in [7, 11) is 1.99. The van der Waals surface area contributed by atoms with Gasteiger partial charge in [-0.2, -0.15) is 0 Å². The Balaban J connectivity index is 1.94. The lowest BCUT2D eigenvalue weighted by Crippen LogP contribution is -2.44. The molecular weight excluding hydrogens is 342 g/mol. The van der Waals surface area contributed by atoms with Crippen LogP contribution in [0.3, 0.4) is 0 Å². The van der Waals surface area contributed by atoms with Crippen molar-refractivity contribution in [2.75, 3.05) is 20.1 Å². The number of halogens is 1. The van der Waals surface area contributed by atoms with Crippen LogP contribution in [-0.2, 0) is 0 Å². The molecule has 1 saturated heterocycles. The zero-order valence-electron chi connectivity index (χ0n) is 12.9. The Labute approximate surface area is 139 Å². The molecule has 1 aromatic heterocycles. The molecule has 2 aromatic rings. The predicted octanol–water partition coefficient (Wildman–Crippen LogP) is 3.13. The van der Waals surface area contributed by atoms with Gasteiger partial charge in [-0.25, -0.2) is 0 Å². The number of nitrogens with zero attached hydrogens (tertiary/aromatic N) is 2. The van der Waals surface area contributed by atoms with Crippen LogP contribution in [-0.4, -0.2) is 42.0 Å². The summed E-state index contributed by atoms with van der Waals surface area (Å²) >= 11 is 3.47. The lowest BCUT2D eigenvalue weighted by Gasteiger charge is -2.32. The van der Waals surface area contributed by atoms with Crippen molar-refractivity contribution in [3.63, 3.8) is 0 Å². The summed E-state index contributed by atoms with van der Waals surface area (Å²) in [6, 6.07) is 8.33. The summed E-state index contributed by atoms with van der Waals surface area (Å²) < 4.78 is 0.978. The molecule has 5 heteroatoms. The Morgan fingerprint density at radius 3 is 2.73 bits per heavy atom. The van der Waals surface area contributed by atoms with Crippen molar-refractivity contribution in [1.29, 1.82) is 0 Å². The molecule has 3 rings (SSSR count). The summed E-state index contributed by atoms with van der Waals surface area (Å²) in [5, 5.41) is 4.22. The Hall–Kier alpha value is -1.46. The zero-order valence-corrected chi connectivity index (χ0v) is 14.5. The second kappa shape index (κ2) is 6.34. The van der Waals surface area contributed by atoms with E-state index in [0.29, 0.717) is 6.04 Å². The largest absolute Gasteiger partial charge is 0.339 e. The average molecular weight is 362 g/mol. The van der Waals surface area contributed by atoms with Gasteiger partial charge < -0.3 is 10.2 Å². The summed E-state index contributed by atoms with van der Waals surface area (Å²) in [4.78, 5) is 19.4. The summed E-state index contributed by atoms with van der Waals surface area (Å²) in [6.45, 7) is 3.55. The van der Waals surface area contributed by atoms with Crippen LogP contribution in [0.4, 0.5) is 0 Å². The summed E-state index contributed by atoms with van der Waals surface area (Å²) in [5.41, 5.74) is 2.50. The lowest BCUT2D eigenvalue weighted by atomic mass is 10.0. The maximum absolute atomic E-state index is 12.9. The van der Waals surface area contributed by atoms with E-state index in [1.54, 1.807) is 0 Å². The highest BCUT2D eigenvalue weighted by molar-refractivity contribution is 9.10. The summed E-state index contributed by atoms with van der Waals surface area (Å²) in [6.07, 6.45) is 2.02. The van der Waals surface area contributed by atoms with E-state index in [0.717, 1.165) is 52.6 Å². The molecule has 116 valence electrons. The third kappa shape index (κ3) is 3.01. The smallest absolute Gasteiger partial charge is 0.254 e. The number of benzene rings is 1. The number of aryl methyl sites for hydroxylation is 1. The van der Waals surface area contributed by atoms with E-state index in [1.807, 2.05) is 43.1 Å². The van der Waals surface area contributed by atoms with E-state index in [2.05, 4.69) is 26.2 Å². The van der Waals surface area contributed by atoms with Gasteiger partial charge in [-0.3, -0.25) is 9.78 Å². The van der Waals surface area contributed by atoms with Gasteiger partial charge in [-0.15, -0.1) is 0 Å². The van der Waals surface area contributed by atoms with Gasteiger partial charge in [0.1, 0.15) is 0 Å². The number of hydrogen-bond donors (Lipinski definition) is 1. The van der Waals surface area contributed by atoms with Gasteiger partial charge in [0.05, 0.1) is 11.1 Å². The molecule has 0 unspecified atom stereocenters. The molecule has 0 saturated carbocycles. The second-order valence-electron chi connectivity index (χ2n) is 5.83. The number of amides is 1. The monoisotopic (exact) mass is 361 g/mol. The molecule has 0 spiro atoms. The molecule has 0 radical (unpaired) electrons. The minimum absolute atomic E-state index is 0.118. The van der Waals surface area contributed by atoms with Crippen LogP contribution in [0, 0.1) is 6.92 Å². The molecule has 1 fully saturated rings. The molecular formula is C17H20BrN3O. The van der Waals surface area contributed by atoms with Crippen molar-refractivity contribution < 1.29 is 4.79 Å². The highest BCUT2D eigenvalue weighted by Gasteiger charge is 2.24. The maximum atomic E-state index is 12.9. The average Bonchev–Trinajstić information content (AvgIpc) is 2.53. The first-order valence-corrected chi connectivity index (χ1v) is 8.41. The van der Waals surface area contributed by atoms with Crippen LogP contribution in [0.25, 0.3) is 10.9 Å². The first-order chi connectivity index (χ1) is 10.6. The van der Waals surface area contributed by atoms with E-state index < -0.39 is 0 Å². The van der Waals surface area contributed by atoms with Crippen molar-refractivity contribution in [2.45, 2.75) is 25.8 Å². The van der Waals surface area contributed by atoms with Crippen molar-refractivity contribution in [3.8, 4) is 0 Å². The maximum Gasteiger partial charge on any atom is 0.254 e. The fourth-order valence-electron chi connectivity index (χ4n) is 3.05. The predicted molar refractivity (Wildman–Crippen MR) is 92.2 cm³/mol. The molecule has 1 amide bonds. The molecule has 1 aliphatic heterocycles. The highest BCUT2D eigenvalue weighted by atomic mass is 79.9. The topological polar surface area (TPSA) is 45.2 Å². The molecule has 0 aliphatic carbocycles. The molecule has 0 bridgehead atoms. The zero-order chi connectivity index (χ0) is 15.7. The molecule has 0 atom stereocenters. The van der Waals surface area contributed by atoms with Gasteiger partial charge in [-0.05, 0) is 45.0 Å². The van der Waals surface area contributed by atoms with Crippen LogP contribution in [0.15, 0.2) is 28.7 Å². The molecule has 22 heavy (non-hydrogen) atoms. The van der Waals surface area contributed by atoms with Crippen LogP contribution in [0.5, 0.6) is 0 Å². The number of carbonyl (C=O) groups is 1. The number of likely N-dealkylation sites (tertiary alicyclic amines) is 1. The first kappa shape index (κ1) is 15.4. The van der Waals surface area contributed by atoms with Crippen molar-refractivity contribution in [1.82, 2.24) is 15.2 Å². The van der Waals surface area contributed by atoms with E-state index in [4.69, 9.17) is 0 Å². The molecule has 1 N–H and O–H groups in total. The number of hydrogen-bond acceptors (Lipinski definition) is 3. The molecule has 2 heterocycles. The van der Waals surface area contributed by atoms with E-state index in [1.165, 1.54) is 0 Å². The van der Waals surface area contributed by atoms with Crippen molar-refractivity contribution >= 4 is 32.7 Å². The molecule has 1 aromatic carbocycles. The first-order valence-electron chi connectivity index (χ1n) is 7.62. The van der Waals surface area contributed by atoms with Crippen LogP contribution in [0.2, 0.25) is 0 Å². The van der Waals surface area contributed by atoms with Gasteiger partial charge >= 0.3 is 0 Å². The Kier molecular flexibility index (Phi) is 4.45. The Morgan fingerprint density at radius 1 is 1.32 bits per heavy atom. The van der Waals surface area contributed by atoms with Crippen molar-refractivity contribution in [2.24, 2.45) is 0 Å². The van der Waals surface area contributed by atoms with Crippen LogP contribution in [0.1, 0.15) is 28.9 Å². The SMILES string of the molecule is CNC1CCN(C(=O)c2cc(C)nc3cc(Br)ccc23)CC1. The lowest BCUT2D eigenvalue weighted by molar-refractivity contribution is 0.0709. The van der Waals surface area contributed by atoms with Gasteiger partial charge in [0.25, 0.3) is 5.91 Å². The van der Waals surface area contributed by atoms with Crippen LogP contribution >= 0.6 is 15.9 Å². The Bertz CT molecular complexity index is 703. The van der Waals surface area contributed by atoms with Gasteiger partial charge in [-0.1, -0.05) is 22.0 Å². The minimum Gasteiger partial charge on any atom is -0.339 e. The van der Waals surface area contributed by atoms with Gasteiger partial charge in [0.15, 0.2) is 0 Å². The fraction of sp³-hybridized carbons (Fsp3) is 0.412. The molecule has 1 aliphatic rings. The number of fused-ring (bicyclic) bond motifs is 1. The van der Waals surface area contributed by atoms with E-state index >= 15 is 0 Å². The van der Waals surface area contributed by atoms with E-state index in [9.17, 15) is 4.79 Å². The number of nitrogens with one attached hydrogen (secondary N) is 1. The third-order valence-corrected chi connectivity index (χ3v) is 4.81. The summed E-state index contributed by atoms with van der Waals surface area (Å²) in [5.74, 6) is 0.118. The molecule has 4 nitrogen and oxygen atoms in total. The number of piperidine rings is 1. The Morgan fingerprint density at radius 2 is 2.05 bits per heavy atom. The quantitative estimate of drug-likeness (QED) is 0.893.